The maximum Gasteiger partial charge on any atom is 0.152 e. The standard InChI is InChI=1S/C13H16ClN3O/c1-2-6-16(8-9-18)10-11-13(14)15-12-5-3-4-7-17(11)12/h2-5,7,18H,1,6,8-10H2. The van der Waals surface area contributed by atoms with Crippen LogP contribution in [0.15, 0.2) is 37.1 Å². The van der Waals surface area contributed by atoms with Gasteiger partial charge in [0.1, 0.15) is 5.65 Å². The SMILES string of the molecule is C=CCN(CCO)Cc1c(Cl)nc2ccccn12. The molecule has 2 heterocycles. The summed E-state index contributed by atoms with van der Waals surface area (Å²) in [5, 5.41) is 9.55. The minimum Gasteiger partial charge on any atom is -0.395 e. The topological polar surface area (TPSA) is 40.8 Å². The van der Waals surface area contributed by atoms with Crippen LogP contribution in [0, 0.1) is 0 Å². The van der Waals surface area contributed by atoms with Crippen LogP contribution < -0.4 is 0 Å². The molecule has 2 aromatic rings. The fraction of sp³-hybridized carbons (Fsp3) is 0.308. The number of aromatic nitrogens is 2. The summed E-state index contributed by atoms with van der Waals surface area (Å²) < 4.78 is 1.97. The Morgan fingerprint density at radius 1 is 1.50 bits per heavy atom. The van der Waals surface area contributed by atoms with E-state index in [1.54, 1.807) is 0 Å². The Bertz CT molecular complexity index is 538. The Morgan fingerprint density at radius 3 is 3.06 bits per heavy atom. The summed E-state index contributed by atoms with van der Waals surface area (Å²) in [6.07, 6.45) is 3.75. The van der Waals surface area contributed by atoms with Crippen molar-refractivity contribution in [2.24, 2.45) is 0 Å². The predicted molar refractivity (Wildman–Crippen MR) is 72.8 cm³/mol. The van der Waals surface area contributed by atoms with Crippen molar-refractivity contribution in [2.45, 2.75) is 6.54 Å². The zero-order chi connectivity index (χ0) is 13.0. The number of aliphatic hydroxyl groups is 1. The lowest BCUT2D eigenvalue weighted by atomic mass is 10.3. The van der Waals surface area contributed by atoms with E-state index in [9.17, 15) is 0 Å². The monoisotopic (exact) mass is 265 g/mol. The molecule has 0 saturated carbocycles. The van der Waals surface area contributed by atoms with Crippen molar-refractivity contribution in [1.29, 1.82) is 0 Å². The summed E-state index contributed by atoms with van der Waals surface area (Å²) in [5.74, 6) is 0. The van der Waals surface area contributed by atoms with E-state index in [4.69, 9.17) is 16.7 Å². The summed E-state index contributed by atoms with van der Waals surface area (Å²) in [5.41, 5.74) is 1.77. The molecule has 5 heteroatoms. The van der Waals surface area contributed by atoms with Gasteiger partial charge in [-0.2, -0.15) is 0 Å². The van der Waals surface area contributed by atoms with Crippen molar-refractivity contribution in [2.75, 3.05) is 19.7 Å². The highest BCUT2D eigenvalue weighted by atomic mass is 35.5. The van der Waals surface area contributed by atoms with Crippen LogP contribution in [0.5, 0.6) is 0 Å². The molecule has 0 unspecified atom stereocenters. The zero-order valence-corrected chi connectivity index (χ0v) is 10.8. The summed E-state index contributed by atoms with van der Waals surface area (Å²) in [7, 11) is 0. The Balaban J connectivity index is 2.29. The van der Waals surface area contributed by atoms with Crippen LogP contribution in [0.25, 0.3) is 5.65 Å². The number of halogens is 1. The Labute approximate surface area is 111 Å². The van der Waals surface area contributed by atoms with Crippen molar-refractivity contribution in [1.82, 2.24) is 14.3 Å². The molecule has 0 amide bonds. The molecule has 2 rings (SSSR count). The van der Waals surface area contributed by atoms with Gasteiger partial charge >= 0.3 is 0 Å². The first-order chi connectivity index (χ1) is 8.76. The van der Waals surface area contributed by atoms with Gasteiger partial charge in [0.2, 0.25) is 0 Å². The number of hydrogen-bond donors (Lipinski definition) is 1. The number of hydrogen-bond acceptors (Lipinski definition) is 3. The molecule has 0 fully saturated rings. The van der Waals surface area contributed by atoms with Gasteiger partial charge in [-0.3, -0.25) is 4.90 Å². The molecule has 96 valence electrons. The average molecular weight is 266 g/mol. The Morgan fingerprint density at radius 2 is 2.33 bits per heavy atom. The molecule has 2 aromatic heterocycles. The van der Waals surface area contributed by atoms with Crippen molar-refractivity contribution < 1.29 is 5.11 Å². The molecule has 0 atom stereocenters. The predicted octanol–water partition coefficient (Wildman–Crippen LogP) is 1.97. The van der Waals surface area contributed by atoms with E-state index in [1.165, 1.54) is 0 Å². The second kappa shape index (κ2) is 6.00. The van der Waals surface area contributed by atoms with Crippen LogP contribution in [0.2, 0.25) is 5.15 Å². The molecule has 4 nitrogen and oxygen atoms in total. The molecule has 0 aliphatic carbocycles. The third-order valence-corrected chi connectivity index (χ3v) is 3.06. The lowest BCUT2D eigenvalue weighted by Crippen LogP contribution is -2.27. The summed E-state index contributed by atoms with van der Waals surface area (Å²) in [4.78, 5) is 6.36. The van der Waals surface area contributed by atoms with E-state index >= 15 is 0 Å². The third-order valence-electron chi connectivity index (χ3n) is 2.76. The minimum atomic E-state index is 0.113. The highest BCUT2D eigenvalue weighted by Crippen LogP contribution is 2.19. The van der Waals surface area contributed by atoms with Crippen LogP contribution in [-0.4, -0.2) is 39.1 Å². The zero-order valence-electron chi connectivity index (χ0n) is 10.1. The van der Waals surface area contributed by atoms with Crippen LogP contribution >= 0.6 is 11.6 Å². The van der Waals surface area contributed by atoms with Gasteiger partial charge < -0.3 is 9.51 Å². The van der Waals surface area contributed by atoms with Gasteiger partial charge in [0.05, 0.1) is 12.3 Å². The number of nitrogens with zero attached hydrogens (tertiary/aromatic N) is 3. The largest absolute Gasteiger partial charge is 0.395 e. The van der Waals surface area contributed by atoms with E-state index < -0.39 is 0 Å². The van der Waals surface area contributed by atoms with Gasteiger partial charge in [0.15, 0.2) is 5.15 Å². The first kappa shape index (κ1) is 13.1. The first-order valence-electron chi connectivity index (χ1n) is 5.82. The van der Waals surface area contributed by atoms with Gasteiger partial charge in [-0.15, -0.1) is 6.58 Å². The number of fused-ring (bicyclic) bond motifs is 1. The lowest BCUT2D eigenvalue weighted by Gasteiger charge is -2.19. The molecule has 1 N–H and O–H groups in total. The number of aliphatic hydroxyl groups excluding tert-OH is 1. The van der Waals surface area contributed by atoms with Crippen LogP contribution in [0.3, 0.4) is 0 Å². The van der Waals surface area contributed by atoms with E-state index in [-0.39, 0.29) is 6.61 Å². The van der Waals surface area contributed by atoms with Gasteiger partial charge in [-0.05, 0) is 12.1 Å². The first-order valence-corrected chi connectivity index (χ1v) is 6.19. The van der Waals surface area contributed by atoms with Crippen molar-refractivity contribution in [3.8, 4) is 0 Å². The quantitative estimate of drug-likeness (QED) is 0.812. The van der Waals surface area contributed by atoms with Gasteiger partial charge in [0.25, 0.3) is 0 Å². The molecular formula is C13H16ClN3O. The smallest absolute Gasteiger partial charge is 0.152 e. The summed E-state index contributed by atoms with van der Waals surface area (Å²) in [6.45, 7) is 5.76. The lowest BCUT2D eigenvalue weighted by molar-refractivity contribution is 0.202. The van der Waals surface area contributed by atoms with Crippen LogP contribution in [-0.2, 0) is 6.54 Å². The van der Waals surface area contributed by atoms with E-state index in [2.05, 4.69) is 16.5 Å². The third kappa shape index (κ3) is 2.72. The molecular weight excluding hydrogens is 250 g/mol. The number of pyridine rings is 1. The second-order valence-corrected chi connectivity index (χ2v) is 4.38. The highest BCUT2D eigenvalue weighted by molar-refractivity contribution is 6.30. The van der Waals surface area contributed by atoms with Crippen LogP contribution in [0.4, 0.5) is 0 Å². The van der Waals surface area contributed by atoms with Gasteiger partial charge in [-0.1, -0.05) is 23.7 Å². The molecule has 0 saturated heterocycles. The second-order valence-electron chi connectivity index (χ2n) is 4.03. The number of imidazole rings is 1. The van der Waals surface area contributed by atoms with Crippen molar-refractivity contribution in [3.63, 3.8) is 0 Å². The molecule has 0 aliphatic rings. The van der Waals surface area contributed by atoms with Gasteiger partial charge in [-0.25, -0.2) is 4.98 Å². The van der Waals surface area contributed by atoms with Crippen LogP contribution in [0.1, 0.15) is 5.69 Å². The van der Waals surface area contributed by atoms with E-state index in [0.717, 1.165) is 11.3 Å². The normalized spacial score (nSPS) is 11.3. The van der Waals surface area contributed by atoms with E-state index in [0.29, 0.717) is 24.8 Å². The fourth-order valence-corrected chi connectivity index (χ4v) is 2.17. The maximum atomic E-state index is 9.04. The molecule has 0 radical (unpaired) electrons. The Kier molecular flexibility index (Phi) is 4.36. The van der Waals surface area contributed by atoms with E-state index in [1.807, 2.05) is 34.9 Å². The minimum absolute atomic E-state index is 0.113. The molecule has 0 bridgehead atoms. The summed E-state index contributed by atoms with van der Waals surface area (Å²) >= 11 is 6.17. The fourth-order valence-electron chi connectivity index (χ4n) is 1.93. The van der Waals surface area contributed by atoms with Gasteiger partial charge in [0, 0.05) is 25.8 Å². The molecule has 0 aromatic carbocycles. The van der Waals surface area contributed by atoms with Crippen molar-refractivity contribution in [3.05, 3.63) is 47.9 Å². The maximum absolute atomic E-state index is 9.04. The number of rotatable bonds is 6. The summed E-state index contributed by atoms with van der Waals surface area (Å²) in [6, 6.07) is 5.79. The average Bonchev–Trinajstić information content (AvgIpc) is 2.67. The molecule has 0 aliphatic heterocycles. The van der Waals surface area contributed by atoms with Crippen molar-refractivity contribution >= 4 is 17.2 Å². The Hall–Kier alpha value is -1.36. The highest BCUT2D eigenvalue weighted by Gasteiger charge is 2.13. The molecule has 0 spiro atoms. The molecule has 18 heavy (non-hydrogen) atoms.